The molecule has 1 N–H and O–H groups in total. The van der Waals surface area contributed by atoms with Gasteiger partial charge < -0.3 is 5.32 Å². The highest BCUT2D eigenvalue weighted by Crippen LogP contribution is 2.29. The molecule has 0 bridgehead atoms. The van der Waals surface area contributed by atoms with Gasteiger partial charge in [-0.15, -0.1) is 0 Å². The van der Waals surface area contributed by atoms with Crippen LogP contribution in [0, 0.1) is 13.8 Å². The van der Waals surface area contributed by atoms with Gasteiger partial charge in [-0.25, -0.2) is 0 Å². The van der Waals surface area contributed by atoms with Crippen LogP contribution in [-0.4, -0.2) is 15.7 Å². The van der Waals surface area contributed by atoms with Crippen molar-refractivity contribution in [2.75, 3.05) is 5.32 Å². The molecule has 0 saturated heterocycles. The molecule has 0 aliphatic heterocycles. The van der Waals surface area contributed by atoms with Crippen LogP contribution in [0.3, 0.4) is 0 Å². The number of aromatic nitrogens is 2. The Bertz CT molecular complexity index is 667. The fourth-order valence-corrected chi connectivity index (χ4v) is 2.62. The van der Waals surface area contributed by atoms with E-state index in [1.165, 1.54) is 0 Å². The lowest BCUT2D eigenvalue weighted by Crippen LogP contribution is -2.17. The smallest absolute Gasteiger partial charge is 0.273 e. The largest absolute Gasteiger partial charge is 0.320 e. The van der Waals surface area contributed by atoms with Crippen LogP contribution in [0.4, 0.5) is 5.69 Å². The van der Waals surface area contributed by atoms with Crippen LogP contribution in [0.2, 0.25) is 5.02 Å². The van der Waals surface area contributed by atoms with Gasteiger partial charge in [0.2, 0.25) is 0 Å². The number of amides is 1. The number of hydrogen-bond acceptors (Lipinski definition) is 2. The molecule has 1 amide bonds. The highest BCUT2D eigenvalue weighted by molar-refractivity contribution is 9.10. The minimum absolute atomic E-state index is 0.201. The van der Waals surface area contributed by atoms with Crippen molar-refractivity contribution in [3.8, 4) is 0 Å². The Morgan fingerprint density at radius 2 is 2.10 bits per heavy atom. The number of rotatable bonds is 3. The van der Waals surface area contributed by atoms with Crippen molar-refractivity contribution in [2.45, 2.75) is 27.3 Å². The Balaban J connectivity index is 2.30. The second kappa shape index (κ2) is 5.97. The summed E-state index contributed by atoms with van der Waals surface area (Å²) in [6.45, 7) is 6.37. The highest BCUT2D eigenvalue weighted by Gasteiger charge is 2.15. The maximum absolute atomic E-state index is 12.3. The Labute approximate surface area is 131 Å². The summed E-state index contributed by atoms with van der Waals surface area (Å²) in [6.07, 6.45) is 0. The van der Waals surface area contributed by atoms with Gasteiger partial charge in [-0.3, -0.25) is 9.48 Å². The van der Waals surface area contributed by atoms with Crippen LogP contribution in [0.15, 0.2) is 22.7 Å². The second-order valence-electron chi connectivity index (χ2n) is 4.52. The van der Waals surface area contributed by atoms with Crippen molar-refractivity contribution >= 4 is 39.1 Å². The fourth-order valence-electron chi connectivity index (χ4n) is 1.90. The van der Waals surface area contributed by atoms with Gasteiger partial charge in [0.05, 0.1) is 11.4 Å². The summed E-state index contributed by atoms with van der Waals surface area (Å²) < 4.78 is 2.47. The number of nitrogens with zero attached hydrogens (tertiary/aromatic N) is 2. The third-order valence-corrected chi connectivity index (χ3v) is 3.99. The first-order valence-corrected chi connectivity index (χ1v) is 7.41. The van der Waals surface area contributed by atoms with Gasteiger partial charge in [0.25, 0.3) is 5.91 Å². The molecule has 0 atom stereocenters. The summed E-state index contributed by atoms with van der Waals surface area (Å²) in [6, 6.07) is 5.38. The zero-order valence-corrected chi connectivity index (χ0v) is 13.8. The average Bonchev–Trinajstić information content (AvgIpc) is 2.77. The summed E-state index contributed by atoms with van der Waals surface area (Å²) in [4.78, 5) is 12.3. The molecule has 0 fully saturated rings. The van der Waals surface area contributed by atoms with E-state index in [9.17, 15) is 4.79 Å². The second-order valence-corrected chi connectivity index (χ2v) is 5.78. The number of nitrogens with one attached hydrogen (secondary N) is 1. The van der Waals surface area contributed by atoms with Crippen molar-refractivity contribution in [3.05, 3.63) is 44.6 Å². The molecule has 0 aliphatic rings. The van der Waals surface area contributed by atoms with Crippen LogP contribution in [-0.2, 0) is 6.54 Å². The average molecular weight is 357 g/mol. The molecule has 0 aliphatic carbocycles. The Kier molecular flexibility index (Phi) is 4.50. The maximum Gasteiger partial charge on any atom is 0.273 e. The van der Waals surface area contributed by atoms with Gasteiger partial charge in [-0.2, -0.15) is 5.10 Å². The van der Waals surface area contributed by atoms with Gasteiger partial charge in [0.1, 0.15) is 5.69 Å². The molecule has 1 aromatic carbocycles. The summed E-state index contributed by atoms with van der Waals surface area (Å²) in [5.41, 5.74) is 2.95. The molecule has 1 heterocycles. The topological polar surface area (TPSA) is 46.9 Å². The highest BCUT2D eigenvalue weighted by atomic mass is 79.9. The summed E-state index contributed by atoms with van der Waals surface area (Å²) in [5.74, 6) is -0.201. The van der Waals surface area contributed by atoms with E-state index in [4.69, 9.17) is 11.6 Å². The van der Waals surface area contributed by atoms with Crippen molar-refractivity contribution in [3.63, 3.8) is 0 Å². The molecule has 0 radical (unpaired) electrons. The van der Waals surface area contributed by atoms with Crippen molar-refractivity contribution in [1.82, 2.24) is 9.78 Å². The molecule has 0 saturated carbocycles. The van der Waals surface area contributed by atoms with Gasteiger partial charge in [0, 0.05) is 16.0 Å². The van der Waals surface area contributed by atoms with Gasteiger partial charge >= 0.3 is 0 Å². The lowest BCUT2D eigenvalue weighted by molar-refractivity contribution is 0.101. The number of benzene rings is 1. The Morgan fingerprint density at radius 1 is 1.40 bits per heavy atom. The fraction of sp³-hybridized carbons (Fsp3) is 0.286. The first kappa shape index (κ1) is 15.1. The van der Waals surface area contributed by atoms with E-state index in [0.717, 1.165) is 15.7 Å². The number of carbonyl (C=O) groups is 1. The summed E-state index contributed by atoms with van der Waals surface area (Å²) in [5, 5.41) is 7.73. The van der Waals surface area contributed by atoms with Crippen LogP contribution >= 0.6 is 27.5 Å². The van der Waals surface area contributed by atoms with Crippen LogP contribution in [0.25, 0.3) is 0 Å². The van der Waals surface area contributed by atoms with Gasteiger partial charge in [0.15, 0.2) is 0 Å². The van der Waals surface area contributed by atoms with Crippen molar-refractivity contribution in [2.24, 2.45) is 0 Å². The van der Waals surface area contributed by atoms with E-state index >= 15 is 0 Å². The first-order valence-electron chi connectivity index (χ1n) is 6.23. The standard InChI is InChI=1S/C14H15BrClN3O/c1-4-19-13(6-9(3)18-19)14(20)17-12-7-11(16)8(2)5-10(12)15/h5-7H,4H2,1-3H3,(H,17,20). The number of hydrogen-bond donors (Lipinski definition) is 1. The molecule has 0 unspecified atom stereocenters. The van der Waals surface area contributed by atoms with E-state index in [1.807, 2.05) is 26.8 Å². The summed E-state index contributed by atoms with van der Waals surface area (Å²) in [7, 11) is 0. The van der Waals surface area contributed by atoms with Crippen LogP contribution in [0.1, 0.15) is 28.7 Å². The predicted molar refractivity (Wildman–Crippen MR) is 84.5 cm³/mol. The molecule has 4 nitrogen and oxygen atoms in total. The molecule has 6 heteroatoms. The number of carbonyl (C=O) groups excluding carboxylic acids is 1. The molecule has 0 spiro atoms. The van der Waals surface area contributed by atoms with Crippen LogP contribution < -0.4 is 5.32 Å². The quantitative estimate of drug-likeness (QED) is 0.896. The number of halogens is 2. The molecular weight excluding hydrogens is 342 g/mol. The minimum Gasteiger partial charge on any atom is -0.320 e. The van der Waals surface area contributed by atoms with Crippen LogP contribution in [0.5, 0.6) is 0 Å². The van der Waals surface area contributed by atoms with Crippen molar-refractivity contribution < 1.29 is 4.79 Å². The third-order valence-electron chi connectivity index (χ3n) is 2.93. The molecule has 1 aromatic heterocycles. The molecule has 106 valence electrons. The predicted octanol–water partition coefficient (Wildman–Crippen LogP) is 4.19. The number of anilines is 1. The molecule has 2 aromatic rings. The van der Waals surface area contributed by atoms with E-state index < -0.39 is 0 Å². The zero-order valence-electron chi connectivity index (χ0n) is 11.5. The van der Waals surface area contributed by atoms with Gasteiger partial charge in [-0.05, 0) is 60.5 Å². The van der Waals surface area contributed by atoms with Gasteiger partial charge in [-0.1, -0.05) is 11.6 Å². The molecule has 2 rings (SSSR count). The monoisotopic (exact) mass is 355 g/mol. The Morgan fingerprint density at radius 3 is 2.75 bits per heavy atom. The minimum atomic E-state index is -0.201. The normalized spacial score (nSPS) is 10.7. The van der Waals surface area contributed by atoms with E-state index in [-0.39, 0.29) is 5.91 Å². The Hall–Kier alpha value is -1.33. The lowest BCUT2D eigenvalue weighted by atomic mass is 10.2. The van der Waals surface area contributed by atoms with E-state index in [2.05, 4.69) is 26.3 Å². The van der Waals surface area contributed by atoms with E-state index in [0.29, 0.717) is 22.9 Å². The molecular formula is C14H15BrClN3O. The van der Waals surface area contributed by atoms with E-state index in [1.54, 1.807) is 16.8 Å². The summed E-state index contributed by atoms with van der Waals surface area (Å²) >= 11 is 9.52. The lowest BCUT2D eigenvalue weighted by Gasteiger charge is -2.10. The first-order chi connectivity index (χ1) is 9.42. The SMILES string of the molecule is CCn1nc(C)cc1C(=O)Nc1cc(Cl)c(C)cc1Br. The maximum atomic E-state index is 12.3. The van der Waals surface area contributed by atoms with Crippen molar-refractivity contribution in [1.29, 1.82) is 0 Å². The third kappa shape index (κ3) is 3.04. The zero-order chi connectivity index (χ0) is 14.9. The molecule has 20 heavy (non-hydrogen) atoms. The number of aryl methyl sites for hydroxylation is 3.